The molecule has 2 rings (SSSR count). The van der Waals surface area contributed by atoms with Crippen molar-refractivity contribution >= 4 is 11.6 Å². The fraction of sp³-hybridized carbons (Fsp3) is 0.500. The maximum Gasteiger partial charge on any atom is 0.235 e. The van der Waals surface area contributed by atoms with E-state index in [0.29, 0.717) is 12.0 Å². The molecule has 0 saturated carbocycles. The van der Waals surface area contributed by atoms with Crippen LogP contribution in [0, 0.1) is 17.6 Å². The molecular weight excluding hydrogens is 236 g/mol. The van der Waals surface area contributed by atoms with Gasteiger partial charge in [0.1, 0.15) is 11.6 Å². The van der Waals surface area contributed by atoms with Gasteiger partial charge in [-0.2, -0.15) is 0 Å². The van der Waals surface area contributed by atoms with Crippen LogP contribution in [0.3, 0.4) is 0 Å². The summed E-state index contributed by atoms with van der Waals surface area (Å²) in [7, 11) is 0. The lowest BCUT2D eigenvalue weighted by Crippen LogP contribution is -2.39. The fourth-order valence-corrected chi connectivity index (χ4v) is 2.90. The van der Waals surface area contributed by atoms with Gasteiger partial charge in [-0.05, 0) is 24.0 Å². The van der Waals surface area contributed by atoms with E-state index in [9.17, 15) is 13.6 Å². The Labute approximate surface area is 105 Å². The number of hydrogen-bond acceptors (Lipinski definition) is 1. The molecule has 1 atom stereocenters. The van der Waals surface area contributed by atoms with Gasteiger partial charge in [-0.1, -0.05) is 27.2 Å². The Balaban J connectivity index is 2.68. The molecule has 1 unspecified atom stereocenters. The zero-order valence-electron chi connectivity index (χ0n) is 10.8. The first-order valence-corrected chi connectivity index (χ1v) is 6.24. The minimum Gasteiger partial charge on any atom is -0.323 e. The first kappa shape index (κ1) is 13.0. The Morgan fingerprint density at radius 3 is 2.56 bits per heavy atom. The van der Waals surface area contributed by atoms with Crippen LogP contribution in [0.15, 0.2) is 12.1 Å². The molecule has 1 N–H and O–H groups in total. The number of fused-ring (bicyclic) bond motifs is 1. The van der Waals surface area contributed by atoms with Gasteiger partial charge < -0.3 is 5.32 Å². The lowest BCUT2D eigenvalue weighted by molar-refractivity contribution is -0.122. The molecule has 98 valence electrons. The predicted octanol–water partition coefficient (Wildman–Crippen LogP) is 3.61. The summed E-state index contributed by atoms with van der Waals surface area (Å²) in [6.45, 7) is 5.78. The van der Waals surface area contributed by atoms with Gasteiger partial charge in [0.25, 0.3) is 0 Å². The number of rotatable bonds is 3. The van der Waals surface area contributed by atoms with Crippen LogP contribution in [0.1, 0.15) is 39.2 Å². The van der Waals surface area contributed by atoms with Crippen molar-refractivity contribution in [3.05, 3.63) is 29.3 Å². The van der Waals surface area contributed by atoms with Crippen molar-refractivity contribution in [3.63, 3.8) is 0 Å². The van der Waals surface area contributed by atoms with Gasteiger partial charge in [0, 0.05) is 6.07 Å². The zero-order chi connectivity index (χ0) is 13.5. The van der Waals surface area contributed by atoms with Crippen LogP contribution in [0.25, 0.3) is 0 Å². The summed E-state index contributed by atoms with van der Waals surface area (Å²) < 4.78 is 27.1. The largest absolute Gasteiger partial charge is 0.323 e. The molecule has 1 aliphatic rings. The van der Waals surface area contributed by atoms with Crippen molar-refractivity contribution in [3.8, 4) is 0 Å². The highest BCUT2D eigenvalue weighted by Crippen LogP contribution is 2.47. The fourth-order valence-electron chi connectivity index (χ4n) is 2.90. The second kappa shape index (κ2) is 4.34. The van der Waals surface area contributed by atoms with E-state index in [0.717, 1.165) is 12.5 Å². The molecule has 0 aromatic heterocycles. The molecule has 0 radical (unpaired) electrons. The second-order valence-corrected chi connectivity index (χ2v) is 5.14. The summed E-state index contributed by atoms with van der Waals surface area (Å²) in [6.07, 6.45) is 1.37. The molecule has 0 bridgehead atoms. The van der Waals surface area contributed by atoms with Crippen LogP contribution < -0.4 is 5.32 Å². The van der Waals surface area contributed by atoms with E-state index in [-0.39, 0.29) is 17.5 Å². The number of hydrogen-bond donors (Lipinski definition) is 1. The van der Waals surface area contributed by atoms with E-state index in [4.69, 9.17) is 0 Å². The van der Waals surface area contributed by atoms with Crippen LogP contribution in [0.4, 0.5) is 14.5 Å². The first-order chi connectivity index (χ1) is 8.43. The molecule has 4 heteroatoms. The van der Waals surface area contributed by atoms with Crippen molar-refractivity contribution in [1.82, 2.24) is 0 Å². The van der Waals surface area contributed by atoms with Crippen LogP contribution >= 0.6 is 0 Å². The molecule has 1 aromatic carbocycles. The van der Waals surface area contributed by atoms with Crippen LogP contribution in [-0.2, 0) is 10.2 Å². The van der Waals surface area contributed by atoms with Crippen molar-refractivity contribution < 1.29 is 13.6 Å². The monoisotopic (exact) mass is 253 g/mol. The highest BCUT2D eigenvalue weighted by Gasteiger charge is 2.49. The third-order valence-corrected chi connectivity index (χ3v) is 3.81. The molecule has 0 saturated heterocycles. The molecule has 1 aromatic rings. The second-order valence-electron chi connectivity index (χ2n) is 5.14. The van der Waals surface area contributed by atoms with Crippen LogP contribution in [0.2, 0.25) is 0 Å². The number of nitrogens with one attached hydrogen (secondary N) is 1. The third-order valence-electron chi connectivity index (χ3n) is 3.81. The van der Waals surface area contributed by atoms with E-state index in [2.05, 4.69) is 5.32 Å². The average Bonchev–Trinajstić information content (AvgIpc) is 2.55. The SMILES string of the molecule is CCCC1(C(C)C)C(=O)Nc2c(F)cc(F)cc21. The summed E-state index contributed by atoms with van der Waals surface area (Å²) in [6, 6.07) is 2.09. The quantitative estimate of drug-likeness (QED) is 0.876. The van der Waals surface area contributed by atoms with Gasteiger partial charge in [-0.3, -0.25) is 4.79 Å². The minimum absolute atomic E-state index is 0.0140. The molecule has 18 heavy (non-hydrogen) atoms. The summed E-state index contributed by atoms with van der Waals surface area (Å²) in [4.78, 5) is 12.2. The van der Waals surface area contributed by atoms with Gasteiger partial charge >= 0.3 is 0 Å². The van der Waals surface area contributed by atoms with Gasteiger partial charge in [-0.15, -0.1) is 0 Å². The predicted molar refractivity (Wildman–Crippen MR) is 66.4 cm³/mol. The number of amides is 1. The molecule has 1 heterocycles. The van der Waals surface area contributed by atoms with Gasteiger partial charge in [0.15, 0.2) is 0 Å². The maximum atomic E-state index is 13.7. The summed E-state index contributed by atoms with van der Waals surface area (Å²) in [5.74, 6) is -1.57. The van der Waals surface area contributed by atoms with E-state index in [1.54, 1.807) is 0 Å². The summed E-state index contributed by atoms with van der Waals surface area (Å²) in [5, 5.41) is 2.57. The highest BCUT2D eigenvalue weighted by atomic mass is 19.1. The average molecular weight is 253 g/mol. The van der Waals surface area contributed by atoms with Crippen molar-refractivity contribution in [2.75, 3.05) is 5.32 Å². The van der Waals surface area contributed by atoms with Gasteiger partial charge in [0.05, 0.1) is 11.1 Å². The standard InChI is InChI=1S/C14H17F2NO/c1-4-5-14(8(2)3)10-6-9(15)7-11(16)12(10)17-13(14)18/h6-8H,4-5H2,1-3H3,(H,17,18). The normalized spacial score (nSPS) is 22.2. The van der Waals surface area contributed by atoms with Gasteiger partial charge in [0.2, 0.25) is 5.91 Å². The van der Waals surface area contributed by atoms with Crippen molar-refractivity contribution in [1.29, 1.82) is 0 Å². The summed E-state index contributed by atoms with van der Waals surface area (Å²) >= 11 is 0. The van der Waals surface area contributed by atoms with E-state index in [1.165, 1.54) is 6.07 Å². The lowest BCUT2D eigenvalue weighted by atomic mass is 9.69. The molecule has 2 nitrogen and oxygen atoms in total. The summed E-state index contributed by atoms with van der Waals surface area (Å²) in [5.41, 5.74) is -0.210. The molecule has 0 fully saturated rings. The van der Waals surface area contributed by atoms with E-state index < -0.39 is 17.0 Å². The van der Waals surface area contributed by atoms with Crippen LogP contribution in [0.5, 0.6) is 0 Å². The topological polar surface area (TPSA) is 29.1 Å². The number of benzene rings is 1. The Morgan fingerprint density at radius 1 is 1.33 bits per heavy atom. The van der Waals surface area contributed by atoms with E-state index >= 15 is 0 Å². The zero-order valence-corrected chi connectivity index (χ0v) is 10.8. The highest BCUT2D eigenvalue weighted by molar-refractivity contribution is 6.06. The number of carbonyl (C=O) groups excluding carboxylic acids is 1. The van der Waals surface area contributed by atoms with Crippen LogP contribution in [-0.4, -0.2) is 5.91 Å². The lowest BCUT2D eigenvalue weighted by Gasteiger charge is -2.31. The van der Waals surface area contributed by atoms with Gasteiger partial charge in [-0.25, -0.2) is 8.78 Å². The number of carbonyl (C=O) groups is 1. The molecule has 1 amide bonds. The van der Waals surface area contributed by atoms with E-state index in [1.807, 2.05) is 20.8 Å². The Kier molecular flexibility index (Phi) is 3.13. The minimum atomic E-state index is -0.812. The Bertz CT molecular complexity index is 499. The van der Waals surface area contributed by atoms with Crippen molar-refractivity contribution in [2.45, 2.75) is 39.0 Å². The molecule has 1 aliphatic heterocycles. The first-order valence-electron chi connectivity index (χ1n) is 6.24. The third kappa shape index (κ3) is 1.62. The molecular formula is C14H17F2NO. The Morgan fingerprint density at radius 2 is 2.00 bits per heavy atom. The van der Waals surface area contributed by atoms with Crippen molar-refractivity contribution in [2.24, 2.45) is 5.92 Å². The number of anilines is 1. The smallest absolute Gasteiger partial charge is 0.235 e. The number of halogens is 2. The molecule has 0 spiro atoms. The Hall–Kier alpha value is -1.45. The maximum absolute atomic E-state index is 13.7. The molecule has 0 aliphatic carbocycles.